The largest absolute Gasteiger partial charge is 0.387 e. The van der Waals surface area contributed by atoms with E-state index in [1.54, 1.807) is 14.2 Å². The zero-order chi connectivity index (χ0) is 19.2. The van der Waals surface area contributed by atoms with E-state index in [2.05, 4.69) is 14.8 Å². The molecule has 0 spiro atoms. The zero-order valence-electron chi connectivity index (χ0n) is 16.1. The minimum Gasteiger partial charge on any atom is -0.387 e. The van der Waals surface area contributed by atoms with E-state index in [-0.39, 0.29) is 6.61 Å². The van der Waals surface area contributed by atoms with E-state index in [0.29, 0.717) is 24.6 Å². The fourth-order valence-electron chi connectivity index (χ4n) is 3.06. The number of pyridine rings is 1. The lowest BCUT2D eigenvalue weighted by Gasteiger charge is -2.39. The molecule has 0 radical (unpaired) electrons. The molecule has 0 saturated carbocycles. The molecule has 1 aromatic rings. The van der Waals surface area contributed by atoms with Crippen LogP contribution in [0.4, 0.5) is 5.69 Å². The molecule has 1 saturated heterocycles. The van der Waals surface area contributed by atoms with Crippen LogP contribution in [-0.4, -0.2) is 81.5 Å². The molecule has 1 aromatic heterocycles. The first-order valence-electron chi connectivity index (χ1n) is 8.77. The molecule has 0 amide bonds. The van der Waals surface area contributed by atoms with Gasteiger partial charge in [0.25, 0.3) is 0 Å². The van der Waals surface area contributed by atoms with Crippen LogP contribution < -0.4 is 4.90 Å². The first-order chi connectivity index (χ1) is 12.4. The normalized spacial score (nSPS) is 17.3. The van der Waals surface area contributed by atoms with Gasteiger partial charge in [0.1, 0.15) is 5.15 Å². The minimum absolute atomic E-state index is 0.271. The molecule has 2 heterocycles. The van der Waals surface area contributed by atoms with Crippen molar-refractivity contribution in [3.63, 3.8) is 0 Å². The predicted molar refractivity (Wildman–Crippen MR) is 102 cm³/mol. The molecule has 1 aliphatic heterocycles. The Kier molecular flexibility index (Phi) is 8.06. The number of rotatable bonds is 9. The number of anilines is 1. The predicted octanol–water partition coefficient (Wildman–Crippen LogP) is 1.76. The van der Waals surface area contributed by atoms with Crippen LogP contribution in [0.1, 0.15) is 18.5 Å². The topological polar surface area (TPSA) is 67.3 Å². The highest BCUT2D eigenvalue weighted by Gasteiger charge is 2.33. The van der Waals surface area contributed by atoms with Gasteiger partial charge in [-0.05, 0) is 39.1 Å². The molecular weight excluding hydrogens is 358 g/mol. The van der Waals surface area contributed by atoms with Crippen LogP contribution in [0.3, 0.4) is 0 Å². The lowest BCUT2D eigenvalue weighted by Crippen LogP contribution is -2.48. The Morgan fingerprint density at radius 3 is 2.50 bits per heavy atom. The molecule has 7 nitrogen and oxygen atoms in total. The molecule has 0 aliphatic carbocycles. The lowest BCUT2D eigenvalue weighted by molar-refractivity contribution is -0.157. The number of halogens is 1. The van der Waals surface area contributed by atoms with Gasteiger partial charge in [-0.3, -0.25) is 0 Å². The number of piperidine rings is 1. The summed E-state index contributed by atoms with van der Waals surface area (Å²) in [7, 11) is 7.14. The molecule has 8 heteroatoms. The second-order valence-corrected chi connectivity index (χ2v) is 7.35. The van der Waals surface area contributed by atoms with Crippen molar-refractivity contribution in [1.82, 2.24) is 9.88 Å². The van der Waals surface area contributed by atoms with E-state index < -0.39 is 11.9 Å². The second-order valence-electron chi connectivity index (χ2n) is 6.97. The average molecular weight is 388 g/mol. The molecule has 2 rings (SSSR count). The molecular formula is C18H30ClN3O4. The zero-order valence-corrected chi connectivity index (χ0v) is 16.8. The Morgan fingerprint density at radius 1 is 1.27 bits per heavy atom. The van der Waals surface area contributed by atoms with Crippen molar-refractivity contribution in [3.05, 3.63) is 23.0 Å². The number of hydrogen-bond donors (Lipinski definition) is 1. The highest BCUT2D eigenvalue weighted by molar-refractivity contribution is 6.29. The van der Waals surface area contributed by atoms with Gasteiger partial charge in [0.2, 0.25) is 0 Å². The number of aliphatic hydroxyl groups is 1. The van der Waals surface area contributed by atoms with Gasteiger partial charge in [-0.1, -0.05) is 11.6 Å². The van der Waals surface area contributed by atoms with Gasteiger partial charge >= 0.3 is 0 Å². The van der Waals surface area contributed by atoms with Gasteiger partial charge in [0.05, 0.1) is 30.2 Å². The molecule has 1 fully saturated rings. The van der Waals surface area contributed by atoms with Gasteiger partial charge in [0, 0.05) is 33.9 Å². The summed E-state index contributed by atoms with van der Waals surface area (Å²) < 4.78 is 15.8. The molecule has 1 aliphatic rings. The van der Waals surface area contributed by atoms with Crippen LogP contribution in [0.2, 0.25) is 5.15 Å². The number of aromatic nitrogens is 1. The standard InChI is InChI=1S/C18H30ClN3O4/c1-21(2)11-14-15(5-6-16(19)20-14)22-9-7-18(23,8-10-22)13-26-12-17(24-3)25-4/h5-6,17,23H,7-13H2,1-4H3. The Hall–Kier alpha value is -0.960. The van der Waals surface area contributed by atoms with E-state index in [9.17, 15) is 5.11 Å². The molecule has 0 atom stereocenters. The van der Waals surface area contributed by atoms with E-state index in [0.717, 1.165) is 31.0 Å². The van der Waals surface area contributed by atoms with Crippen LogP contribution in [-0.2, 0) is 20.8 Å². The van der Waals surface area contributed by atoms with E-state index in [1.165, 1.54) is 0 Å². The summed E-state index contributed by atoms with van der Waals surface area (Å²) in [5, 5.41) is 11.3. The van der Waals surface area contributed by atoms with Gasteiger partial charge in [-0.2, -0.15) is 0 Å². The van der Waals surface area contributed by atoms with Gasteiger partial charge in [-0.15, -0.1) is 0 Å². The van der Waals surface area contributed by atoms with Crippen LogP contribution in [0.15, 0.2) is 12.1 Å². The third kappa shape index (κ3) is 6.04. The van der Waals surface area contributed by atoms with Gasteiger partial charge in [-0.25, -0.2) is 4.98 Å². The third-order valence-corrected chi connectivity index (χ3v) is 4.78. The molecule has 0 bridgehead atoms. The van der Waals surface area contributed by atoms with E-state index in [4.69, 9.17) is 25.8 Å². The average Bonchev–Trinajstić information content (AvgIpc) is 2.59. The summed E-state index contributed by atoms with van der Waals surface area (Å²) in [6.07, 6.45) is 0.844. The monoisotopic (exact) mass is 387 g/mol. The summed E-state index contributed by atoms with van der Waals surface area (Å²) in [6, 6.07) is 3.83. The summed E-state index contributed by atoms with van der Waals surface area (Å²) in [5.74, 6) is 0. The fraction of sp³-hybridized carbons (Fsp3) is 0.722. The summed E-state index contributed by atoms with van der Waals surface area (Å²) in [5.41, 5.74) is 1.20. The van der Waals surface area contributed by atoms with Crippen LogP contribution in [0, 0.1) is 0 Å². The van der Waals surface area contributed by atoms with Gasteiger partial charge in [0.15, 0.2) is 6.29 Å². The molecule has 0 aromatic carbocycles. The maximum Gasteiger partial charge on any atom is 0.180 e. The fourth-order valence-corrected chi connectivity index (χ4v) is 3.22. The highest BCUT2D eigenvalue weighted by Crippen LogP contribution is 2.29. The van der Waals surface area contributed by atoms with Crippen LogP contribution >= 0.6 is 11.6 Å². The molecule has 148 valence electrons. The number of ether oxygens (including phenoxy) is 3. The summed E-state index contributed by atoms with van der Waals surface area (Å²) in [4.78, 5) is 8.80. The highest BCUT2D eigenvalue weighted by atomic mass is 35.5. The number of hydrogen-bond acceptors (Lipinski definition) is 7. The summed E-state index contributed by atoms with van der Waals surface area (Å²) >= 11 is 6.07. The Labute approximate surface area is 160 Å². The Bertz CT molecular complexity index is 561. The first kappa shape index (κ1) is 21.3. The molecule has 0 unspecified atom stereocenters. The van der Waals surface area contributed by atoms with Crippen molar-refractivity contribution in [1.29, 1.82) is 0 Å². The van der Waals surface area contributed by atoms with E-state index >= 15 is 0 Å². The smallest absolute Gasteiger partial charge is 0.180 e. The maximum absolute atomic E-state index is 10.8. The Morgan fingerprint density at radius 2 is 1.92 bits per heavy atom. The van der Waals surface area contributed by atoms with Crippen molar-refractivity contribution in [2.45, 2.75) is 31.3 Å². The van der Waals surface area contributed by atoms with Crippen molar-refractivity contribution >= 4 is 17.3 Å². The summed E-state index contributed by atoms with van der Waals surface area (Å²) in [6.45, 7) is 2.76. The second kappa shape index (κ2) is 9.82. The number of methoxy groups -OCH3 is 2. The van der Waals surface area contributed by atoms with Crippen LogP contribution in [0.5, 0.6) is 0 Å². The maximum atomic E-state index is 10.8. The van der Waals surface area contributed by atoms with E-state index in [1.807, 2.05) is 26.2 Å². The van der Waals surface area contributed by atoms with Crippen molar-refractivity contribution in [2.75, 3.05) is 59.5 Å². The quantitative estimate of drug-likeness (QED) is 0.511. The molecule has 26 heavy (non-hydrogen) atoms. The first-order valence-corrected chi connectivity index (χ1v) is 9.15. The third-order valence-electron chi connectivity index (χ3n) is 4.57. The Balaban J connectivity index is 1.93. The van der Waals surface area contributed by atoms with Crippen molar-refractivity contribution in [3.8, 4) is 0 Å². The lowest BCUT2D eigenvalue weighted by atomic mass is 9.92. The minimum atomic E-state index is -0.829. The number of nitrogens with zero attached hydrogens (tertiary/aromatic N) is 3. The van der Waals surface area contributed by atoms with Crippen molar-refractivity contribution < 1.29 is 19.3 Å². The molecule has 1 N–H and O–H groups in total. The SMILES string of the molecule is COC(COCC1(O)CCN(c2ccc(Cl)nc2CN(C)C)CC1)OC. The van der Waals surface area contributed by atoms with Crippen molar-refractivity contribution in [2.24, 2.45) is 0 Å². The van der Waals surface area contributed by atoms with Gasteiger partial charge < -0.3 is 29.1 Å². The van der Waals surface area contributed by atoms with Crippen LogP contribution in [0.25, 0.3) is 0 Å².